The van der Waals surface area contributed by atoms with Crippen molar-refractivity contribution in [3.8, 4) is 0 Å². The van der Waals surface area contributed by atoms with E-state index in [1.807, 2.05) is 55.5 Å². The van der Waals surface area contributed by atoms with Crippen molar-refractivity contribution in [3.63, 3.8) is 0 Å². The zero-order chi connectivity index (χ0) is 18.8. The largest absolute Gasteiger partial charge is 0.469 e. The average molecular weight is 472 g/mol. The number of esters is 2. The van der Waals surface area contributed by atoms with Gasteiger partial charge in [0.1, 0.15) is 0 Å². The molecule has 0 aliphatic rings. The van der Waals surface area contributed by atoms with Gasteiger partial charge in [0.05, 0.1) is 26.6 Å². The standard InChI is InChI=1S/C10H11BrO2.C9H9BrO2/c1-7(10(12)13-2)8-3-5-9(11)6-4-8;1-12-9(11)6-7-2-4-8(10)5-3-7/h3-7H,1-2H3;2-5H,6H2,1H3. The molecule has 0 bridgehead atoms. The zero-order valence-corrected chi connectivity index (χ0v) is 17.5. The summed E-state index contributed by atoms with van der Waals surface area (Å²) in [6, 6.07) is 15.2. The first-order chi connectivity index (χ1) is 11.9. The average Bonchev–Trinajstić information content (AvgIpc) is 2.63. The third kappa shape index (κ3) is 7.84. The van der Waals surface area contributed by atoms with Gasteiger partial charge in [0.25, 0.3) is 0 Å². The highest BCUT2D eigenvalue weighted by molar-refractivity contribution is 9.10. The van der Waals surface area contributed by atoms with Crippen LogP contribution in [0.15, 0.2) is 57.5 Å². The van der Waals surface area contributed by atoms with Gasteiger partial charge in [0, 0.05) is 8.95 Å². The predicted molar refractivity (Wildman–Crippen MR) is 104 cm³/mol. The molecule has 0 aliphatic heterocycles. The number of halogens is 2. The smallest absolute Gasteiger partial charge is 0.312 e. The first-order valence-corrected chi connectivity index (χ1v) is 9.10. The number of hydrogen-bond acceptors (Lipinski definition) is 4. The maximum Gasteiger partial charge on any atom is 0.312 e. The van der Waals surface area contributed by atoms with Crippen LogP contribution in [0.2, 0.25) is 0 Å². The van der Waals surface area contributed by atoms with Gasteiger partial charge in [-0.05, 0) is 42.3 Å². The quantitative estimate of drug-likeness (QED) is 0.595. The summed E-state index contributed by atoms with van der Waals surface area (Å²) in [6.45, 7) is 1.83. The monoisotopic (exact) mass is 470 g/mol. The Morgan fingerprint density at radius 3 is 1.80 bits per heavy atom. The molecule has 0 saturated heterocycles. The summed E-state index contributed by atoms with van der Waals surface area (Å²) in [5, 5.41) is 0. The predicted octanol–water partition coefficient (Wildman–Crippen LogP) is 4.89. The third-order valence-electron chi connectivity index (χ3n) is 3.41. The summed E-state index contributed by atoms with van der Waals surface area (Å²) < 4.78 is 11.2. The van der Waals surface area contributed by atoms with E-state index >= 15 is 0 Å². The molecule has 1 atom stereocenters. The molecule has 25 heavy (non-hydrogen) atoms. The lowest BCUT2D eigenvalue weighted by atomic mass is 10.0. The van der Waals surface area contributed by atoms with E-state index in [-0.39, 0.29) is 17.9 Å². The Balaban J connectivity index is 0.000000251. The van der Waals surface area contributed by atoms with Gasteiger partial charge in [-0.25, -0.2) is 0 Å². The minimum atomic E-state index is -0.211. The topological polar surface area (TPSA) is 52.6 Å². The van der Waals surface area contributed by atoms with Gasteiger partial charge in [-0.1, -0.05) is 56.1 Å². The molecular weight excluding hydrogens is 452 g/mol. The molecule has 0 spiro atoms. The first kappa shape index (κ1) is 21.4. The molecular formula is C19H20Br2O4. The molecule has 0 aromatic heterocycles. The summed E-state index contributed by atoms with van der Waals surface area (Å²) in [4.78, 5) is 22.0. The molecule has 0 fully saturated rings. The minimum absolute atomic E-state index is 0.196. The second-order valence-corrected chi connectivity index (χ2v) is 7.01. The summed E-state index contributed by atoms with van der Waals surface area (Å²) in [5.41, 5.74) is 1.93. The van der Waals surface area contributed by atoms with E-state index in [9.17, 15) is 9.59 Å². The highest BCUT2D eigenvalue weighted by atomic mass is 79.9. The van der Waals surface area contributed by atoms with Gasteiger partial charge >= 0.3 is 11.9 Å². The SMILES string of the molecule is COC(=O)C(C)c1ccc(Br)cc1.COC(=O)Cc1ccc(Br)cc1. The van der Waals surface area contributed by atoms with Crippen molar-refractivity contribution in [2.75, 3.05) is 14.2 Å². The number of rotatable bonds is 4. The van der Waals surface area contributed by atoms with Crippen molar-refractivity contribution in [1.29, 1.82) is 0 Å². The number of carbonyl (C=O) groups is 2. The molecule has 134 valence electrons. The molecule has 1 unspecified atom stereocenters. The van der Waals surface area contributed by atoms with E-state index < -0.39 is 0 Å². The van der Waals surface area contributed by atoms with Gasteiger partial charge < -0.3 is 9.47 Å². The number of hydrogen-bond donors (Lipinski definition) is 0. The molecule has 4 nitrogen and oxygen atoms in total. The Morgan fingerprint density at radius 2 is 1.36 bits per heavy atom. The van der Waals surface area contributed by atoms with Crippen LogP contribution in [-0.2, 0) is 25.5 Å². The number of ether oxygens (including phenoxy) is 2. The van der Waals surface area contributed by atoms with Crippen molar-refractivity contribution in [1.82, 2.24) is 0 Å². The van der Waals surface area contributed by atoms with Crippen LogP contribution >= 0.6 is 31.9 Å². The molecule has 0 saturated carbocycles. The zero-order valence-electron chi connectivity index (χ0n) is 14.3. The van der Waals surface area contributed by atoms with E-state index in [0.29, 0.717) is 6.42 Å². The van der Waals surface area contributed by atoms with Gasteiger partial charge in [-0.2, -0.15) is 0 Å². The lowest BCUT2D eigenvalue weighted by molar-refractivity contribution is -0.142. The summed E-state index contributed by atoms with van der Waals surface area (Å²) in [5.74, 6) is -0.613. The summed E-state index contributed by atoms with van der Waals surface area (Å²) >= 11 is 6.65. The number of methoxy groups -OCH3 is 2. The first-order valence-electron chi connectivity index (χ1n) is 7.52. The van der Waals surface area contributed by atoms with Gasteiger partial charge in [-0.3, -0.25) is 9.59 Å². The van der Waals surface area contributed by atoms with Crippen molar-refractivity contribution < 1.29 is 19.1 Å². The maximum absolute atomic E-state index is 11.2. The third-order valence-corrected chi connectivity index (χ3v) is 4.47. The minimum Gasteiger partial charge on any atom is -0.469 e. The Bertz CT molecular complexity index is 682. The van der Waals surface area contributed by atoms with Crippen LogP contribution in [0.5, 0.6) is 0 Å². The molecule has 6 heteroatoms. The van der Waals surface area contributed by atoms with Crippen LogP contribution in [0.25, 0.3) is 0 Å². The van der Waals surface area contributed by atoms with Crippen LogP contribution in [0.1, 0.15) is 24.0 Å². The van der Waals surface area contributed by atoms with E-state index in [1.54, 1.807) is 0 Å². The highest BCUT2D eigenvalue weighted by Crippen LogP contribution is 2.19. The van der Waals surface area contributed by atoms with Crippen LogP contribution in [0, 0.1) is 0 Å². The number of carbonyl (C=O) groups excluding carboxylic acids is 2. The van der Waals surface area contributed by atoms with Crippen LogP contribution < -0.4 is 0 Å². The summed E-state index contributed by atoms with van der Waals surface area (Å²) in [6.07, 6.45) is 0.337. The highest BCUT2D eigenvalue weighted by Gasteiger charge is 2.14. The fourth-order valence-corrected chi connectivity index (χ4v) is 2.43. The van der Waals surface area contributed by atoms with Gasteiger partial charge in [0.15, 0.2) is 0 Å². The van der Waals surface area contributed by atoms with Crippen LogP contribution in [0.3, 0.4) is 0 Å². The van der Waals surface area contributed by atoms with Crippen molar-refractivity contribution in [2.45, 2.75) is 19.3 Å². The lowest BCUT2D eigenvalue weighted by Gasteiger charge is -2.08. The number of benzene rings is 2. The maximum atomic E-state index is 11.2. The normalized spacial score (nSPS) is 10.9. The van der Waals surface area contributed by atoms with Gasteiger partial charge in [-0.15, -0.1) is 0 Å². The fourth-order valence-electron chi connectivity index (χ4n) is 1.91. The molecule has 2 aromatic rings. The van der Waals surface area contributed by atoms with Gasteiger partial charge in [0.2, 0.25) is 0 Å². The summed E-state index contributed by atoms with van der Waals surface area (Å²) in [7, 11) is 2.79. The fraction of sp³-hybridized carbons (Fsp3) is 0.263. The van der Waals surface area contributed by atoms with E-state index in [2.05, 4.69) is 41.3 Å². The van der Waals surface area contributed by atoms with E-state index in [0.717, 1.165) is 20.1 Å². The van der Waals surface area contributed by atoms with E-state index in [4.69, 9.17) is 0 Å². The molecule has 2 aromatic carbocycles. The van der Waals surface area contributed by atoms with Crippen molar-refractivity contribution in [2.24, 2.45) is 0 Å². The van der Waals surface area contributed by atoms with Crippen LogP contribution in [0.4, 0.5) is 0 Å². The van der Waals surface area contributed by atoms with Crippen LogP contribution in [-0.4, -0.2) is 26.2 Å². The molecule has 2 rings (SSSR count). The second kappa shape index (κ2) is 11.1. The Hall–Kier alpha value is -1.66. The lowest BCUT2D eigenvalue weighted by Crippen LogP contribution is -2.10. The Labute approximate surface area is 164 Å². The second-order valence-electron chi connectivity index (χ2n) is 5.18. The molecule has 0 heterocycles. The molecule has 0 amide bonds. The molecule has 0 N–H and O–H groups in total. The van der Waals surface area contributed by atoms with E-state index in [1.165, 1.54) is 14.2 Å². The molecule has 0 aliphatic carbocycles. The van der Waals surface area contributed by atoms with Crippen molar-refractivity contribution in [3.05, 3.63) is 68.6 Å². The Morgan fingerprint density at radius 1 is 0.880 bits per heavy atom. The Kier molecular flexibility index (Phi) is 9.45. The molecule has 0 radical (unpaired) electrons. The van der Waals surface area contributed by atoms with Crippen molar-refractivity contribution >= 4 is 43.8 Å².